The molecule has 0 bridgehead atoms. The lowest BCUT2D eigenvalue weighted by Crippen LogP contribution is -2.48. The lowest BCUT2D eigenvalue weighted by Gasteiger charge is -2.20. The summed E-state index contributed by atoms with van der Waals surface area (Å²) in [5.74, 6) is -0.582. The van der Waals surface area contributed by atoms with Crippen molar-refractivity contribution >= 4 is 23.2 Å². The SMILES string of the molecule is CCC(C)C(NC(=O)c1cc2c(s1)CCCCCC2)C(N)=O. The van der Waals surface area contributed by atoms with Gasteiger partial charge in [0.15, 0.2) is 0 Å². The van der Waals surface area contributed by atoms with E-state index in [-0.39, 0.29) is 11.8 Å². The number of aryl methyl sites for hydroxylation is 2. The molecule has 1 aliphatic rings. The number of nitrogens with one attached hydrogen (secondary N) is 1. The van der Waals surface area contributed by atoms with E-state index >= 15 is 0 Å². The van der Waals surface area contributed by atoms with Crippen LogP contribution in [0.1, 0.15) is 66.1 Å². The minimum atomic E-state index is -0.595. The summed E-state index contributed by atoms with van der Waals surface area (Å²) in [5.41, 5.74) is 6.74. The Kier molecular flexibility index (Phi) is 6.00. The van der Waals surface area contributed by atoms with Gasteiger partial charge in [-0.3, -0.25) is 9.59 Å². The Morgan fingerprint density at radius 1 is 1.27 bits per heavy atom. The summed E-state index contributed by atoms with van der Waals surface area (Å²) >= 11 is 1.57. The predicted molar refractivity (Wildman–Crippen MR) is 90.1 cm³/mol. The molecule has 2 rings (SSSR count). The van der Waals surface area contributed by atoms with Crippen LogP contribution in [0.3, 0.4) is 0 Å². The summed E-state index contributed by atoms with van der Waals surface area (Å²) in [4.78, 5) is 26.1. The molecule has 0 fully saturated rings. The van der Waals surface area contributed by atoms with Crippen LogP contribution < -0.4 is 11.1 Å². The molecule has 0 radical (unpaired) electrons. The van der Waals surface area contributed by atoms with Crippen LogP contribution in [0.15, 0.2) is 6.07 Å². The second-order valence-electron chi connectivity index (χ2n) is 6.21. The quantitative estimate of drug-likeness (QED) is 0.874. The largest absolute Gasteiger partial charge is 0.368 e. The van der Waals surface area contributed by atoms with Gasteiger partial charge in [0.05, 0.1) is 4.88 Å². The van der Waals surface area contributed by atoms with Crippen molar-refractivity contribution in [1.29, 1.82) is 0 Å². The summed E-state index contributed by atoms with van der Waals surface area (Å²) < 4.78 is 0. The van der Waals surface area contributed by atoms with Gasteiger partial charge in [-0.05, 0) is 43.2 Å². The van der Waals surface area contributed by atoms with Gasteiger partial charge in [-0.25, -0.2) is 0 Å². The van der Waals surface area contributed by atoms with Gasteiger partial charge in [0.1, 0.15) is 6.04 Å². The van der Waals surface area contributed by atoms with Crippen molar-refractivity contribution in [2.45, 2.75) is 64.8 Å². The normalized spacial score (nSPS) is 17.7. The topological polar surface area (TPSA) is 72.2 Å². The van der Waals surface area contributed by atoms with Gasteiger partial charge in [0.25, 0.3) is 5.91 Å². The molecular formula is C17H26N2O2S. The van der Waals surface area contributed by atoms with Crippen LogP contribution in [0.2, 0.25) is 0 Å². The first-order valence-corrected chi connectivity index (χ1v) is 9.06. The van der Waals surface area contributed by atoms with E-state index in [4.69, 9.17) is 5.73 Å². The number of amides is 2. The zero-order valence-corrected chi connectivity index (χ0v) is 14.3. The molecule has 0 saturated carbocycles. The van der Waals surface area contributed by atoms with Gasteiger partial charge in [-0.15, -0.1) is 11.3 Å². The van der Waals surface area contributed by atoms with Crippen LogP contribution in [-0.2, 0) is 17.6 Å². The average Bonchev–Trinajstić information content (AvgIpc) is 2.85. The number of primary amides is 1. The molecule has 2 atom stereocenters. The minimum Gasteiger partial charge on any atom is -0.368 e. The summed E-state index contributed by atoms with van der Waals surface area (Å²) in [5, 5.41) is 2.82. The highest BCUT2D eigenvalue weighted by Crippen LogP contribution is 2.28. The van der Waals surface area contributed by atoms with Crippen molar-refractivity contribution in [3.8, 4) is 0 Å². The fourth-order valence-corrected chi connectivity index (χ4v) is 4.05. The van der Waals surface area contributed by atoms with Gasteiger partial charge in [-0.1, -0.05) is 33.1 Å². The Hall–Kier alpha value is -1.36. The summed E-state index contributed by atoms with van der Waals surface area (Å²) in [6, 6.07) is 1.41. The molecular weight excluding hydrogens is 296 g/mol. The molecule has 4 nitrogen and oxygen atoms in total. The van der Waals surface area contributed by atoms with Gasteiger partial charge < -0.3 is 11.1 Å². The van der Waals surface area contributed by atoms with E-state index in [1.807, 2.05) is 19.9 Å². The molecule has 0 aromatic carbocycles. The van der Waals surface area contributed by atoms with Crippen LogP contribution in [0.5, 0.6) is 0 Å². The van der Waals surface area contributed by atoms with Crippen molar-refractivity contribution < 1.29 is 9.59 Å². The van der Waals surface area contributed by atoms with E-state index in [0.717, 1.165) is 19.3 Å². The molecule has 0 aliphatic heterocycles. The van der Waals surface area contributed by atoms with Crippen molar-refractivity contribution in [3.05, 3.63) is 21.4 Å². The molecule has 1 heterocycles. The van der Waals surface area contributed by atoms with Crippen LogP contribution in [0.25, 0.3) is 0 Å². The van der Waals surface area contributed by atoms with Crippen molar-refractivity contribution in [2.75, 3.05) is 0 Å². The van der Waals surface area contributed by atoms with Crippen LogP contribution in [0, 0.1) is 5.92 Å². The Morgan fingerprint density at radius 3 is 2.59 bits per heavy atom. The zero-order valence-electron chi connectivity index (χ0n) is 13.5. The molecule has 2 unspecified atom stereocenters. The highest BCUT2D eigenvalue weighted by atomic mass is 32.1. The number of nitrogens with two attached hydrogens (primary N) is 1. The van der Waals surface area contributed by atoms with E-state index < -0.39 is 11.9 Å². The Bertz CT molecular complexity index is 513. The average molecular weight is 322 g/mol. The van der Waals surface area contributed by atoms with Gasteiger partial charge in [0, 0.05) is 4.88 Å². The third-order valence-corrected chi connectivity index (χ3v) is 5.76. The van der Waals surface area contributed by atoms with E-state index in [0.29, 0.717) is 4.88 Å². The van der Waals surface area contributed by atoms with Gasteiger partial charge in [0.2, 0.25) is 5.91 Å². The molecule has 0 saturated heterocycles. The first-order valence-electron chi connectivity index (χ1n) is 8.24. The maximum atomic E-state index is 12.5. The highest BCUT2D eigenvalue weighted by Gasteiger charge is 2.25. The Balaban J connectivity index is 2.12. The van der Waals surface area contributed by atoms with Crippen molar-refractivity contribution in [2.24, 2.45) is 11.7 Å². The third-order valence-electron chi connectivity index (χ3n) is 4.53. The maximum absolute atomic E-state index is 12.5. The molecule has 3 N–H and O–H groups in total. The van der Waals surface area contributed by atoms with Crippen LogP contribution in [0.4, 0.5) is 0 Å². The predicted octanol–water partition coefficient (Wildman–Crippen LogP) is 3.04. The molecule has 1 aliphatic carbocycles. The van der Waals surface area contributed by atoms with E-state index in [1.54, 1.807) is 11.3 Å². The second kappa shape index (κ2) is 7.77. The molecule has 5 heteroatoms. The van der Waals surface area contributed by atoms with Gasteiger partial charge >= 0.3 is 0 Å². The zero-order chi connectivity index (χ0) is 16.1. The molecule has 122 valence electrons. The fourth-order valence-electron chi connectivity index (χ4n) is 2.90. The van der Waals surface area contributed by atoms with Crippen molar-refractivity contribution in [1.82, 2.24) is 5.32 Å². The van der Waals surface area contributed by atoms with E-state index in [9.17, 15) is 9.59 Å². The summed E-state index contributed by atoms with van der Waals surface area (Å²) in [7, 11) is 0. The lowest BCUT2D eigenvalue weighted by atomic mass is 9.98. The summed E-state index contributed by atoms with van der Waals surface area (Å²) in [6.45, 7) is 3.92. The van der Waals surface area contributed by atoms with E-state index in [1.165, 1.54) is 36.1 Å². The monoisotopic (exact) mass is 322 g/mol. The van der Waals surface area contributed by atoms with E-state index in [2.05, 4.69) is 5.32 Å². The standard InChI is InChI=1S/C17H26N2O2S/c1-3-11(2)15(16(18)20)19-17(21)14-10-12-8-6-4-5-7-9-13(12)22-14/h10-11,15H,3-9H2,1-2H3,(H2,18,20)(H,19,21). The smallest absolute Gasteiger partial charge is 0.262 e. The number of fused-ring (bicyclic) bond motifs is 1. The minimum absolute atomic E-state index is 0.0439. The number of hydrogen-bond acceptors (Lipinski definition) is 3. The third kappa shape index (κ3) is 4.09. The molecule has 2 amide bonds. The first-order chi connectivity index (χ1) is 10.5. The van der Waals surface area contributed by atoms with Crippen molar-refractivity contribution in [3.63, 3.8) is 0 Å². The van der Waals surface area contributed by atoms with Crippen LogP contribution >= 0.6 is 11.3 Å². The first kappa shape index (κ1) is 17.0. The number of carbonyl (C=O) groups excluding carboxylic acids is 2. The number of thiophene rings is 1. The second-order valence-corrected chi connectivity index (χ2v) is 7.35. The number of hydrogen-bond donors (Lipinski definition) is 2. The molecule has 22 heavy (non-hydrogen) atoms. The Morgan fingerprint density at radius 2 is 1.95 bits per heavy atom. The molecule has 1 aromatic heterocycles. The number of carbonyl (C=O) groups is 2. The maximum Gasteiger partial charge on any atom is 0.262 e. The molecule has 0 spiro atoms. The Labute approximate surface area is 136 Å². The lowest BCUT2D eigenvalue weighted by molar-refractivity contribution is -0.120. The fraction of sp³-hybridized carbons (Fsp3) is 0.647. The highest BCUT2D eigenvalue weighted by molar-refractivity contribution is 7.14. The van der Waals surface area contributed by atoms with Crippen LogP contribution in [-0.4, -0.2) is 17.9 Å². The molecule has 1 aromatic rings. The van der Waals surface area contributed by atoms with Gasteiger partial charge in [-0.2, -0.15) is 0 Å². The summed E-state index contributed by atoms with van der Waals surface area (Å²) in [6.07, 6.45) is 7.87. The number of rotatable bonds is 5.